The number of nitrogens with zero attached hydrogens (tertiary/aromatic N) is 3. The summed E-state index contributed by atoms with van der Waals surface area (Å²) in [6, 6.07) is 1.27. The summed E-state index contributed by atoms with van der Waals surface area (Å²) >= 11 is 5.63. The van der Waals surface area contributed by atoms with Crippen LogP contribution in [0.3, 0.4) is 0 Å². The van der Waals surface area contributed by atoms with Gasteiger partial charge >= 0.3 is 0 Å². The molecular weight excluding hydrogens is 243 g/mol. The highest BCUT2D eigenvalue weighted by molar-refractivity contribution is 6.28. The van der Waals surface area contributed by atoms with E-state index in [1.807, 2.05) is 0 Å². The van der Waals surface area contributed by atoms with Crippen LogP contribution >= 0.6 is 11.6 Å². The van der Waals surface area contributed by atoms with Crippen LogP contribution in [-0.4, -0.2) is 14.8 Å². The van der Waals surface area contributed by atoms with Crippen LogP contribution in [-0.2, 0) is 0 Å². The SMILES string of the molecule is Cc1nnc(Cl)n1-c1cc(F)cc(F)c1F. The molecule has 1 heterocycles. The van der Waals surface area contributed by atoms with E-state index in [1.54, 1.807) is 0 Å². The van der Waals surface area contributed by atoms with Crippen molar-refractivity contribution in [1.29, 1.82) is 0 Å². The highest BCUT2D eigenvalue weighted by Gasteiger charge is 2.17. The minimum atomic E-state index is -1.29. The van der Waals surface area contributed by atoms with E-state index in [9.17, 15) is 13.2 Å². The first-order valence-electron chi connectivity index (χ1n) is 4.23. The lowest BCUT2D eigenvalue weighted by atomic mass is 10.2. The second-order valence-corrected chi connectivity index (χ2v) is 3.41. The van der Waals surface area contributed by atoms with E-state index >= 15 is 0 Å². The quantitative estimate of drug-likeness (QED) is 0.726. The van der Waals surface area contributed by atoms with Crippen LogP contribution in [0.25, 0.3) is 5.69 Å². The molecule has 0 radical (unpaired) electrons. The number of hydrogen-bond donors (Lipinski definition) is 0. The Kier molecular flexibility index (Phi) is 2.59. The molecule has 2 aromatic rings. The zero-order valence-corrected chi connectivity index (χ0v) is 8.76. The summed E-state index contributed by atoms with van der Waals surface area (Å²) in [5.41, 5.74) is -0.356. The van der Waals surface area contributed by atoms with E-state index in [2.05, 4.69) is 10.2 Å². The Hall–Kier alpha value is -1.56. The molecule has 0 N–H and O–H groups in total. The third-order valence-corrected chi connectivity index (χ3v) is 2.24. The van der Waals surface area contributed by atoms with Gasteiger partial charge in [-0.15, -0.1) is 10.2 Å². The highest BCUT2D eigenvalue weighted by atomic mass is 35.5. The van der Waals surface area contributed by atoms with E-state index in [0.29, 0.717) is 6.07 Å². The topological polar surface area (TPSA) is 30.7 Å². The van der Waals surface area contributed by atoms with Gasteiger partial charge in [0.25, 0.3) is 0 Å². The van der Waals surface area contributed by atoms with E-state index in [4.69, 9.17) is 11.6 Å². The Morgan fingerprint density at radius 1 is 1.19 bits per heavy atom. The van der Waals surface area contributed by atoms with Gasteiger partial charge in [-0.1, -0.05) is 0 Å². The molecule has 0 aliphatic carbocycles. The van der Waals surface area contributed by atoms with Gasteiger partial charge in [-0.2, -0.15) is 0 Å². The molecule has 0 saturated heterocycles. The Labute approximate surface area is 93.5 Å². The standard InChI is InChI=1S/C9H5ClF3N3/c1-4-14-15-9(10)16(4)7-3-5(11)2-6(12)8(7)13/h2-3H,1H3. The largest absolute Gasteiger partial charge is 0.267 e. The van der Waals surface area contributed by atoms with Gasteiger partial charge in [0.15, 0.2) is 11.6 Å². The van der Waals surface area contributed by atoms with Crippen LogP contribution in [0.2, 0.25) is 5.28 Å². The number of aromatic nitrogens is 3. The van der Waals surface area contributed by atoms with Crippen molar-refractivity contribution in [3.05, 3.63) is 40.7 Å². The molecule has 0 aliphatic heterocycles. The van der Waals surface area contributed by atoms with E-state index in [0.717, 1.165) is 10.6 Å². The minimum Gasteiger partial charge on any atom is -0.267 e. The van der Waals surface area contributed by atoms with Gasteiger partial charge in [0.05, 0.1) is 5.69 Å². The predicted octanol–water partition coefficient (Wildman–Crippen LogP) is 2.65. The van der Waals surface area contributed by atoms with Gasteiger partial charge in [0, 0.05) is 12.1 Å². The average molecular weight is 248 g/mol. The first kappa shape index (κ1) is 10.9. The molecule has 0 spiro atoms. The summed E-state index contributed by atoms with van der Waals surface area (Å²) in [6.07, 6.45) is 0. The fourth-order valence-corrected chi connectivity index (χ4v) is 1.57. The fraction of sp³-hybridized carbons (Fsp3) is 0.111. The van der Waals surface area contributed by atoms with Gasteiger partial charge in [0.1, 0.15) is 11.6 Å². The summed E-state index contributed by atoms with van der Waals surface area (Å²) in [7, 11) is 0. The Morgan fingerprint density at radius 3 is 2.44 bits per heavy atom. The molecule has 0 amide bonds. The van der Waals surface area contributed by atoms with Gasteiger partial charge in [0.2, 0.25) is 5.28 Å². The second kappa shape index (κ2) is 3.79. The van der Waals surface area contributed by atoms with Crippen LogP contribution in [0.4, 0.5) is 13.2 Å². The molecule has 0 saturated carbocycles. The molecule has 1 aromatic heterocycles. The zero-order valence-electron chi connectivity index (χ0n) is 8.01. The van der Waals surface area contributed by atoms with Crippen molar-refractivity contribution in [1.82, 2.24) is 14.8 Å². The molecule has 0 aliphatic rings. The highest BCUT2D eigenvalue weighted by Crippen LogP contribution is 2.22. The third kappa shape index (κ3) is 1.65. The fourth-order valence-electron chi connectivity index (χ4n) is 1.32. The normalized spacial score (nSPS) is 10.8. The summed E-state index contributed by atoms with van der Waals surface area (Å²) in [5, 5.41) is 6.86. The average Bonchev–Trinajstić information content (AvgIpc) is 2.53. The van der Waals surface area contributed by atoms with Crippen LogP contribution in [0.1, 0.15) is 5.82 Å². The van der Waals surface area contributed by atoms with Crippen molar-refractivity contribution in [3.63, 3.8) is 0 Å². The van der Waals surface area contributed by atoms with E-state index in [-0.39, 0.29) is 16.8 Å². The number of hydrogen-bond acceptors (Lipinski definition) is 2. The Bertz CT molecular complexity index is 534. The molecule has 84 valence electrons. The maximum atomic E-state index is 13.4. The monoisotopic (exact) mass is 247 g/mol. The smallest absolute Gasteiger partial charge is 0.229 e. The van der Waals surface area contributed by atoms with Gasteiger partial charge < -0.3 is 0 Å². The molecule has 2 rings (SSSR count). The zero-order chi connectivity index (χ0) is 11.9. The molecule has 16 heavy (non-hydrogen) atoms. The number of halogens is 4. The van der Waals surface area contributed by atoms with Crippen molar-refractivity contribution in [2.45, 2.75) is 6.92 Å². The second-order valence-electron chi connectivity index (χ2n) is 3.07. The van der Waals surface area contributed by atoms with Crippen LogP contribution in [0.5, 0.6) is 0 Å². The van der Waals surface area contributed by atoms with Crippen molar-refractivity contribution >= 4 is 11.6 Å². The van der Waals surface area contributed by atoms with Crippen molar-refractivity contribution in [2.75, 3.05) is 0 Å². The van der Waals surface area contributed by atoms with Crippen molar-refractivity contribution in [2.24, 2.45) is 0 Å². The van der Waals surface area contributed by atoms with Crippen LogP contribution in [0.15, 0.2) is 12.1 Å². The van der Waals surface area contributed by atoms with Gasteiger partial charge in [-0.05, 0) is 18.5 Å². The summed E-state index contributed by atoms with van der Waals surface area (Å²) < 4.78 is 40.4. The molecule has 0 atom stereocenters. The molecule has 1 aromatic carbocycles. The van der Waals surface area contributed by atoms with Crippen molar-refractivity contribution < 1.29 is 13.2 Å². The number of aryl methyl sites for hydroxylation is 1. The Morgan fingerprint density at radius 2 is 1.88 bits per heavy atom. The summed E-state index contributed by atoms with van der Waals surface area (Å²) in [4.78, 5) is 0. The summed E-state index contributed by atoms with van der Waals surface area (Å²) in [6.45, 7) is 1.49. The first-order chi connectivity index (χ1) is 7.50. The molecule has 0 fully saturated rings. The van der Waals surface area contributed by atoms with Gasteiger partial charge in [-0.25, -0.2) is 13.2 Å². The van der Waals surface area contributed by atoms with E-state index < -0.39 is 17.5 Å². The van der Waals surface area contributed by atoms with Crippen molar-refractivity contribution in [3.8, 4) is 5.69 Å². The molecule has 3 nitrogen and oxygen atoms in total. The molecular formula is C9H5ClF3N3. The Balaban J connectivity index is 2.74. The van der Waals surface area contributed by atoms with Crippen LogP contribution < -0.4 is 0 Å². The number of benzene rings is 1. The third-order valence-electron chi connectivity index (χ3n) is 2.00. The molecule has 0 bridgehead atoms. The maximum absolute atomic E-state index is 13.4. The molecule has 7 heteroatoms. The van der Waals surface area contributed by atoms with Crippen LogP contribution in [0, 0.1) is 24.4 Å². The first-order valence-corrected chi connectivity index (χ1v) is 4.61. The lowest BCUT2D eigenvalue weighted by Crippen LogP contribution is -2.03. The lowest BCUT2D eigenvalue weighted by Gasteiger charge is -2.07. The molecule has 0 unspecified atom stereocenters. The van der Waals surface area contributed by atoms with E-state index in [1.165, 1.54) is 6.92 Å². The lowest BCUT2D eigenvalue weighted by molar-refractivity contribution is 0.490. The number of rotatable bonds is 1. The minimum absolute atomic E-state index is 0.165. The predicted molar refractivity (Wildman–Crippen MR) is 51.0 cm³/mol. The van der Waals surface area contributed by atoms with Gasteiger partial charge in [-0.3, -0.25) is 4.57 Å². The maximum Gasteiger partial charge on any atom is 0.229 e. The summed E-state index contributed by atoms with van der Waals surface area (Å²) in [5.74, 6) is -3.17.